The van der Waals surface area contributed by atoms with Gasteiger partial charge >= 0.3 is 11.8 Å². The van der Waals surface area contributed by atoms with Gasteiger partial charge in [-0.25, -0.2) is 5.43 Å². The molecule has 0 aromatic heterocycles. The zero-order valence-electron chi connectivity index (χ0n) is 20.5. The van der Waals surface area contributed by atoms with Gasteiger partial charge in [0.15, 0.2) is 18.1 Å². The highest BCUT2D eigenvalue weighted by molar-refractivity contribution is 9.10. The molecule has 35 heavy (non-hydrogen) atoms. The highest BCUT2D eigenvalue weighted by Crippen LogP contribution is 2.36. The Morgan fingerprint density at radius 1 is 1.06 bits per heavy atom. The van der Waals surface area contributed by atoms with Crippen LogP contribution in [0.2, 0.25) is 0 Å². The van der Waals surface area contributed by atoms with Gasteiger partial charge in [0.05, 0.1) is 17.3 Å². The number of anilines is 1. The highest BCUT2D eigenvalue weighted by atomic mass is 79.9. The van der Waals surface area contributed by atoms with Crippen LogP contribution in [-0.2, 0) is 14.4 Å². The van der Waals surface area contributed by atoms with E-state index in [2.05, 4.69) is 37.1 Å². The largest absolute Gasteiger partial charge is 0.490 e. The van der Waals surface area contributed by atoms with Crippen molar-refractivity contribution in [1.82, 2.24) is 10.7 Å². The first-order valence-electron chi connectivity index (χ1n) is 11.2. The summed E-state index contributed by atoms with van der Waals surface area (Å²) in [7, 11) is 0. The molecule has 0 spiro atoms. The van der Waals surface area contributed by atoms with Crippen molar-refractivity contribution in [3.05, 3.63) is 51.5 Å². The molecule has 2 rings (SSSR count). The molecule has 9 nitrogen and oxygen atoms in total. The van der Waals surface area contributed by atoms with Crippen molar-refractivity contribution >= 4 is 45.6 Å². The lowest BCUT2D eigenvalue weighted by atomic mass is 10.1. The molecule has 0 saturated heterocycles. The molecule has 0 aliphatic carbocycles. The maximum absolute atomic E-state index is 12.4. The Morgan fingerprint density at radius 2 is 1.80 bits per heavy atom. The molecule has 3 amide bonds. The van der Waals surface area contributed by atoms with Crippen molar-refractivity contribution in [2.75, 3.05) is 18.5 Å². The second-order valence-corrected chi connectivity index (χ2v) is 8.74. The molecule has 0 heterocycles. The van der Waals surface area contributed by atoms with Gasteiger partial charge in [-0.2, -0.15) is 5.10 Å². The number of ether oxygens (including phenoxy) is 2. The summed E-state index contributed by atoms with van der Waals surface area (Å²) in [5.41, 5.74) is 5.68. The van der Waals surface area contributed by atoms with Crippen LogP contribution in [0.15, 0.2) is 39.9 Å². The fourth-order valence-corrected chi connectivity index (χ4v) is 3.40. The Bertz CT molecular complexity index is 1100. The van der Waals surface area contributed by atoms with E-state index in [1.54, 1.807) is 19.1 Å². The normalized spacial score (nSPS) is 11.6. The third-order valence-electron chi connectivity index (χ3n) is 5.05. The maximum Gasteiger partial charge on any atom is 0.329 e. The predicted molar refractivity (Wildman–Crippen MR) is 139 cm³/mol. The average Bonchev–Trinajstić information content (AvgIpc) is 2.80. The van der Waals surface area contributed by atoms with Crippen molar-refractivity contribution in [3.63, 3.8) is 0 Å². The van der Waals surface area contributed by atoms with Crippen molar-refractivity contribution in [3.8, 4) is 11.5 Å². The second kappa shape index (κ2) is 13.5. The van der Waals surface area contributed by atoms with Crippen LogP contribution in [0, 0.1) is 13.8 Å². The first-order valence-corrected chi connectivity index (χ1v) is 12.0. The highest BCUT2D eigenvalue weighted by Gasteiger charge is 2.16. The lowest BCUT2D eigenvalue weighted by molar-refractivity contribution is -0.139. The Kier molecular flexibility index (Phi) is 10.7. The molecule has 1 atom stereocenters. The van der Waals surface area contributed by atoms with Crippen molar-refractivity contribution < 1.29 is 23.9 Å². The van der Waals surface area contributed by atoms with Crippen LogP contribution in [0.25, 0.3) is 0 Å². The quantitative estimate of drug-likeness (QED) is 0.237. The molecular weight excluding hydrogens is 516 g/mol. The summed E-state index contributed by atoms with van der Waals surface area (Å²) in [5.74, 6) is -1.18. The van der Waals surface area contributed by atoms with Crippen molar-refractivity contribution in [2.45, 2.75) is 47.1 Å². The van der Waals surface area contributed by atoms with Gasteiger partial charge < -0.3 is 20.1 Å². The van der Waals surface area contributed by atoms with E-state index in [0.29, 0.717) is 40.3 Å². The molecule has 0 aliphatic heterocycles. The van der Waals surface area contributed by atoms with E-state index in [1.807, 2.05) is 45.9 Å². The summed E-state index contributed by atoms with van der Waals surface area (Å²) < 4.78 is 11.9. The number of nitrogens with zero attached hydrogens (tertiary/aromatic N) is 1. The number of carbonyl (C=O) groups excluding carboxylic acids is 3. The van der Waals surface area contributed by atoms with Crippen molar-refractivity contribution in [2.24, 2.45) is 5.10 Å². The van der Waals surface area contributed by atoms with E-state index < -0.39 is 11.8 Å². The van der Waals surface area contributed by atoms with E-state index in [0.717, 1.165) is 11.1 Å². The Labute approximate surface area is 213 Å². The third-order valence-corrected chi connectivity index (χ3v) is 5.63. The van der Waals surface area contributed by atoms with E-state index in [9.17, 15) is 14.4 Å². The Balaban J connectivity index is 2.04. The molecule has 188 valence electrons. The minimum atomic E-state index is -0.861. The zero-order chi connectivity index (χ0) is 26.0. The van der Waals surface area contributed by atoms with Gasteiger partial charge in [-0.1, -0.05) is 13.0 Å². The fourth-order valence-electron chi connectivity index (χ4n) is 2.83. The number of hydrogen-bond acceptors (Lipinski definition) is 6. The van der Waals surface area contributed by atoms with Crippen LogP contribution in [0.1, 0.15) is 43.9 Å². The molecule has 2 aromatic carbocycles. The topological polar surface area (TPSA) is 118 Å². The summed E-state index contributed by atoms with van der Waals surface area (Å²) in [6.07, 6.45) is 2.08. The lowest BCUT2D eigenvalue weighted by Gasteiger charge is -2.15. The van der Waals surface area contributed by atoms with Gasteiger partial charge in [-0.15, -0.1) is 0 Å². The van der Waals surface area contributed by atoms with Crippen LogP contribution in [0.3, 0.4) is 0 Å². The van der Waals surface area contributed by atoms with Gasteiger partial charge in [-0.05, 0) is 91.0 Å². The number of amides is 3. The van der Waals surface area contributed by atoms with Crippen LogP contribution in [0.4, 0.5) is 5.69 Å². The second-order valence-electron chi connectivity index (χ2n) is 7.88. The van der Waals surface area contributed by atoms with E-state index in [4.69, 9.17) is 9.47 Å². The maximum atomic E-state index is 12.4. The summed E-state index contributed by atoms with van der Waals surface area (Å²) in [4.78, 5) is 36.0. The van der Waals surface area contributed by atoms with Gasteiger partial charge in [-0.3, -0.25) is 14.4 Å². The molecule has 0 fully saturated rings. The molecule has 2 aromatic rings. The zero-order valence-corrected chi connectivity index (χ0v) is 22.1. The van der Waals surface area contributed by atoms with Gasteiger partial charge in [0.2, 0.25) is 0 Å². The molecule has 0 unspecified atom stereocenters. The molecular formula is C25H31BrN4O5. The van der Waals surface area contributed by atoms with Crippen LogP contribution < -0.4 is 25.5 Å². The van der Waals surface area contributed by atoms with Gasteiger partial charge in [0, 0.05) is 11.7 Å². The number of rotatable bonds is 10. The minimum Gasteiger partial charge on any atom is -0.490 e. The molecule has 0 radical (unpaired) electrons. The van der Waals surface area contributed by atoms with E-state index >= 15 is 0 Å². The number of benzene rings is 2. The van der Waals surface area contributed by atoms with Crippen LogP contribution >= 0.6 is 15.9 Å². The summed E-state index contributed by atoms with van der Waals surface area (Å²) in [6.45, 7) is 9.65. The standard InChI is InChI=1S/C25H31BrN4O5/c1-6-17(5)28-24(32)25(33)30-27-13-18-11-20(26)23(21(12-18)34-7-2)35-14-22(31)29-19-9-8-15(3)16(4)10-19/h8-13,17H,6-7,14H2,1-5H3,(H,28,32)(H,29,31)(H,30,33)/b27-13-/t17-/m0/s1. The Morgan fingerprint density at radius 3 is 2.46 bits per heavy atom. The number of hydrogen-bond donors (Lipinski definition) is 3. The van der Waals surface area contributed by atoms with Crippen molar-refractivity contribution in [1.29, 1.82) is 0 Å². The lowest BCUT2D eigenvalue weighted by Crippen LogP contribution is -2.41. The molecule has 0 aliphatic rings. The molecule has 10 heteroatoms. The third kappa shape index (κ3) is 8.71. The number of halogens is 1. The number of carbonyl (C=O) groups is 3. The first-order chi connectivity index (χ1) is 16.6. The first kappa shape index (κ1) is 27.8. The van der Waals surface area contributed by atoms with Crippen LogP contribution in [-0.4, -0.2) is 43.2 Å². The van der Waals surface area contributed by atoms with E-state index in [-0.39, 0.29) is 18.6 Å². The van der Waals surface area contributed by atoms with Crippen LogP contribution in [0.5, 0.6) is 11.5 Å². The number of hydrazone groups is 1. The minimum absolute atomic E-state index is 0.113. The summed E-state index contributed by atoms with van der Waals surface area (Å²) >= 11 is 3.43. The predicted octanol–water partition coefficient (Wildman–Crippen LogP) is 3.85. The fraction of sp³-hybridized carbons (Fsp3) is 0.360. The monoisotopic (exact) mass is 546 g/mol. The average molecular weight is 547 g/mol. The van der Waals surface area contributed by atoms with Gasteiger partial charge in [0.25, 0.3) is 5.91 Å². The molecule has 3 N–H and O–H groups in total. The SMILES string of the molecule is CCOc1cc(/C=N\NC(=O)C(=O)N[C@@H](C)CC)cc(Br)c1OCC(=O)Nc1ccc(C)c(C)c1. The van der Waals surface area contributed by atoms with E-state index in [1.165, 1.54) is 6.21 Å². The Hall–Kier alpha value is -3.40. The summed E-state index contributed by atoms with van der Waals surface area (Å²) in [5, 5.41) is 9.21. The smallest absolute Gasteiger partial charge is 0.329 e. The molecule has 0 saturated carbocycles. The summed E-state index contributed by atoms with van der Waals surface area (Å²) in [6, 6.07) is 8.90. The van der Waals surface area contributed by atoms with Gasteiger partial charge in [0.1, 0.15) is 0 Å². The number of nitrogens with one attached hydrogen (secondary N) is 3. The molecule has 0 bridgehead atoms. The number of aryl methyl sites for hydroxylation is 2.